The molecule has 0 aliphatic carbocycles. The quantitative estimate of drug-likeness (QED) is 0.543. The fourth-order valence-corrected chi connectivity index (χ4v) is 2.38. The van der Waals surface area contributed by atoms with Gasteiger partial charge in [0.25, 0.3) is 0 Å². The molecule has 0 aliphatic rings. The van der Waals surface area contributed by atoms with Gasteiger partial charge >= 0.3 is 0 Å². The van der Waals surface area contributed by atoms with E-state index in [-0.39, 0.29) is 5.78 Å². The molecule has 2 aromatic carbocycles. The largest absolute Gasteiger partial charge is 0.497 e. The number of aryl methyl sites for hydroxylation is 1. The molecule has 0 saturated heterocycles. The van der Waals surface area contributed by atoms with Gasteiger partial charge in [0.2, 0.25) is 5.78 Å². The highest BCUT2D eigenvalue weighted by Crippen LogP contribution is 2.18. The average molecular weight is 304 g/mol. The molecule has 4 nitrogen and oxygen atoms in total. The van der Waals surface area contributed by atoms with Gasteiger partial charge in [-0.25, -0.2) is 0 Å². The third kappa shape index (κ3) is 3.11. The molecule has 0 bridgehead atoms. The molecule has 0 spiro atoms. The zero-order valence-corrected chi connectivity index (χ0v) is 13.0. The van der Waals surface area contributed by atoms with Crippen molar-refractivity contribution < 1.29 is 9.53 Å². The highest BCUT2D eigenvalue weighted by Gasteiger charge is 2.11. The Morgan fingerprint density at radius 1 is 1.04 bits per heavy atom. The summed E-state index contributed by atoms with van der Waals surface area (Å²) >= 11 is 0. The van der Waals surface area contributed by atoms with Gasteiger partial charge in [-0.3, -0.25) is 4.79 Å². The van der Waals surface area contributed by atoms with Crippen LogP contribution in [0.2, 0.25) is 0 Å². The maximum absolute atomic E-state index is 12.4. The van der Waals surface area contributed by atoms with Crippen LogP contribution in [0.1, 0.15) is 21.6 Å². The van der Waals surface area contributed by atoms with Crippen LogP contribution in [0.25, 0.3) is 17.0 Å². The standard InChI is InChI=1S/C19H16N2O2/c1-13-16-5-3-4-6-17(16)20-21-19(13)18(22)12-9-14-7-10-15(23-2)11-8-14/h3-12H,1-2H3/b12-9+. The van der Waals surface area contributed by atoms with Gasteiger partial charge in [-0.2, -0.15) is 0 Å². The molecule has 0 fully saturated rings. The molecular weight excluding hydrogens is 288 g/mol. The zero-order chi connectivity index (χ0) is 16.2. The minimum atomic E-state index is -0.156. The van der Waals surface area contributed by atoms with Crippen LogP contribution in [0.3, 0.4) is 0 Å². The lowest BCUT2D eigenvalue weighted by Crippen LogP contribution is -2.04. The van der Waals surface area contributed by atoms with E-state index in [1.807, 2.05) is 55.5 Å². The number of aromatic nitrogens is 2. The first kappa shape index (κ1) is 14.9. The minimum Gasteiger partial charge on any atom is -0.497 e. The Labute approximate surface area is 134 Å². The number of benzene rings is 2. The van der Waals surface area contributed by atoms with Crippen LogP contribution in [0.15, 0.2) is 54.6 Å². The third-order valence-electron chi connectivity index (χ3n) is 3.70. The number of nitrogens with zero attached hydrogens (tertiary/aromatic N) is 2. The molecule has 0 atom stereocenters. The number of carbonyl (C=O) groups excluding carboxylic acids is 1. The van der Waals surface area contributed by atoms with E-state index in [2.05, 4.69) is 10.2 Å². The number of methoxy groups -OCH3 is 1. The number of ether oxygens (including phenoxy) is 1. The first-order valence-corrected chi connectivity index (χ1v) is 7.27. The summed E-state index contributed by atoms with van der Waals surface area (Å²) in [7, 11) is 1.62. The van der Waals surface area contributed by atoms with Crippen molar-refractivity contribution in [2.24, 2.45) is 0 Å². The van der Waals surface area contributed by atoms with Crippen molar-refractivity contribution in [1.82, 2.24) is 10.2 Å². The van der Waals surface area contributed by atoms with E-state index in [0.29, 0.717) is 5.69 Å². The smallest absolute Gasteiger partial charge is 0.206 e. The van der Waals surface area contributed by atoms with Gasteiger partial charge < -0.3 is 4.74 Å². The van der Waals surface area contributed by atoms with E-state index in [9.17, 15) is 4.79 Å². The van der Waals surface area contributed by atoms with Crippen molar-refractivity contribution in [2.75, 3.05) is 7.11 Å². The van der Waals surface area contributed by atoms with E-state index in [4.69, 9.17) is 4.74 Å². The Kier molecular flexibility index (Phi) is 4.15. The Morgan fingerprint density at radius 2 is 1.78 bits per heavy atom. The van der Waals surface area contributed by atoms with Gasteiger partial charge in [-0.05, 0) is 42.3 Å². The molecule has 23 heavy (non-hydrogen) atoms. The lowest BCUT2D eigenvalue weighted by atomic mass is 10.1. The second-order valence-corrected chi connectivity index (χ2v) is 5.16. The Morgan fingerprint density at radius 3 is 2.52 bits per heavy atom. The lowest BCUT2D eigenvalue weighted by Gasteiger charge is -2.04. The first-order valence-electron chi connectivity index (χ1n) is 7.27. The van der Waals surface area contributed by atoms with Crippen LogP contribution in [0.4, 0.5) is 0 Å². The second kappa shape index (κ2) is 6.40. The zero-order valence-electron chi connectivity index (χ0n) is 13.0. The molecular formula is C19H16N2O2. The van der Waals surface area contributed by atoms with E-state index in [1.165, 1.54) is 6.08 Å². The van der Waals surface area contributed by atoms with E-state index < -0.39 is 0 Å². The summed E-state index contributed by atoms with van der Waals surface area (Å²) in [4.78, 5) is 12.4. The predicted molar refractivity (Wildman–Crippen MR) is 90.6 cm³/mol. The van der Waals surface area contributed by atoms with Gasteiger partial charge in [0, 0.05) is 5.39 Å². The number of fused-ring (bicyclic) bond motifs is 1. The highest BCUT2D eigenvalue weighted by atomic mass is 16.5. The summed E-state index contributed by atoms with van der Waals surface area (Å²) in [6.07, 6.45) is 3.28. The van der Waals surface area contributed by atoms with Crippen molar-refractivity contribution in [1.29, 1.82) is 0 Å². The molecule has 4 heteroatoms. The normalized spacial score (nSPS) is 11.0. The van der Waals surface area contributed by atoms with Crippen LogP contribution in [-0.2, 0) is 0 Å². The SMILES string of the molecule is COc1ccc(/C=C/C(=O)c2nnc3ccccc3c2C)cc1. The van der Waals surface area contributed by atoms with Crippen LogP contribution < -0.4 is 4.74 Å². The Bertz CT molecular complexity index is 884. The van der Waals surface area contributed by atoms with Crippen LogP contribution in [-0.4, -0.2) is 23.1 Å². The predicted octanol–water partition coefficient (Wildman–Crippen LogP) is 3.84. The number of ketones is 1. The van der Waals surface area contributed by atoms with Crippen molar-refractivity contribution >= 4 is 22.8 Å². The molecule has 3 rings (SSSR count). The molecule has 0 radical (unpaired) electrons. The van der Waals surface area contributed by atoms with Gasteiger partial charge in [0.1, 0.15) is 11.4 Å². The van der Waals surface area contributed by atoms with Gasteiger partial charge in [0.15, 0.2) is 0 Å². The highest BCUT2D eigenvalue weighted by molar-refractivity contribution is 6.08. The Balaban J connectivity index is 1.88. The number of carbonyl (C=O) groups is 1. The van der Waals surface area contributed by atoms with Gasteiger partial charge in [0.05, 0.1) is 12.6 Å². The molecule has 1 heterocycles. The molecule has 0 amide bonds. The van der Waals surface area contributed by atoms with E-state index in [1.54, 1.807) is 13.2 Å². The summed E-state index contributed by atoms with van der Waals surface area (Å²) in [5.41, 5.74) is 2.94. The van der Waals surface area contributed by atoms with Crippen molar-refractivity contribution in [2.45, 2.75) is 6.92 Å². The first-order chi connectivity index (χ1) is 11.2. The maximum Gasteiger partial charge on any atom is 0.206 e. The number of hydrogen-bond donors (Lipinski definition) is 0. The molecule has 0 unspecified atom stereocenters. The van der Waals surface area contributed by atoms with Crippen LogP contribution in [0, 0.1) is 6.92 Å². The monoisotopic (exact) mass is 304 g/mol. The lowest BCUT2D eigenvalue weighted by molar-refractivity contribution is 0.104. The van der Waals surface area contributed by atoms with Crippen molar-refractivity contribution in [3.05, 3.63) is 71.4 Å². The summed E-state index contributed by atoms with van der Waals surface area (Å²) in [5, 5.41) is 9.14. The van der Waals surface area contributed by atoms with Crippen molar-refractivity contribution in [3.8, 4) is 5.75 Å². The van der Waals surface area contributed by atoms with Crippen LogP contribution >= 0.6 is 0 Å². The minimum absolute atomic E-state index is 0.156. The molecule has 0 N–H and O–H groups in total. The molecule has 0 saturated carbocycles. The summed E-state index contributed by atoms with van der Waals surface area (Å²) in [5.74, 6) is 0.626. The number of rotatable bonds is 4. The fraction of sp³-hybridized carbons (Fsp3) is 0.105. The molecule has 3 aromatic rings. The van der Waals surface area contributed by atoms with E-state index >= 15 is 0 Å². The summed E-state index contributed by atoms with van der Waals surface area (Å²) in [6, 6.07) is 15.2. The number of hydrogen-bond acceptors (Lipinski definition) is 4. The van der Waals surface area contributed by atoms with E-state index in [0.717, 1.165) is 27.8 Å². The summed E-state index contributed by atoms with van der Waals surface area (Å²) in [6.45, 7) is 1.89. The third-order valence-corrected chi connectivity index (χ3v) is 3.70. The topological polar surface area (TPSA) is 52.1 Å². The fourth-order valence-electron chi connectivity index (χ4n) is 2.38. The molecule has 1 aromatic heterocycles. The molecule has 0 aliphatic heterocycles. The summed E-state index contributed by atoms with van der Waals surface area (Å²) < 4.78 is 5.11. The second-order valence-electron chi connectivity index (χ2n) is 5.16. The van der Waals surface area contributed by atoms with Crippen LogP contribution in [0.5, 0.6) is 5.75 Å². The van der Waals surface area contributed by atoms with Gasteiger partial charge in [-0.15, -0.1) is 10.2 Å². The van der Waals surface area contributed by atoms with Crippen molar-refractivity contribution in [3.63, 3.8) is 0 Å². The average Bonchev–Trinajstić information content (AvgIpc) is 2.60. The molecule has 114 valence electrons. The Hall–Kier alpha value is -3.01. The van der Waals surface area contributed by atoms with Gasteiger partial charge in [-0.1, -0.05) is 36.4 Å². The maximum atomic E-state index is 12.4. The number of allylic oxidation sites excluding steroid dienone is 1.